The molecule has 9 heteroatoms. The zero-order chi connectivity index (χ0) is 19.2. The summed E-state index contributed by atoms with van der Waals surface area (Å²) < 4.78 is 24.8. The molecule has 1 aromatic carbocycles. The maximum Gasteiger partial charge on any atom is 0.253 e. The Morgan fingerprint density at radius 1 is 1.30 bits per heavy atom. The number of nitrogens with two attached hydrogens (primary N) is 1. The summed E-state index contributed by atoms with van der Waals surface area (Å²) in [6, 6.07) is 5.78. The van der Waals surface area contributed by atoms with Gasteiger partial charge >= 0.3 is 0 Å². The Morgan fingerprint density at radius 3 is 2.74 bits per heavy atom. The van der Waals surface area contributed by atoms with Crippen LogP contribution in [0.4, 0.5) is 0 Å². The first-order valence-corrected chi connectivity index (χ1v) is 11.1. The summed E-state index contributed by atoms with van der Waals surface area (Å²) in [6.45, 7) is 3.29. The summed E-state index contributed by atoms with van der Waals surface area (Å²) in [6.07, 6.45) is 3.93. The van der Waals surface area contributed by atoms with E-state index in [1.54, 1.807) is 11.3 Å². The summed E-state index contributed by atoms with van der Waals surface area (Å²) >= 11 is 1.67. The maximum absolute atomic E-state index is 12.9. The quantitative estimate of drug-likeness (QED) is 0.725. The number of thiazole rings is 1. The van der Waals surface area contributed by atoms with Crippen molar-refractivity contribution in [3.05, 3.63) is 52.9 Å². The Balaban J connectivity index is 1.56. The zero-order valence-corrected chi connectivity index (χ0v) is 16.5. The van der Waals surface area contributed by atoms with Crippen molar-refractivity contribution >= 4 is 32.1 Å². The van der Waals surface area contributed by atoms with E-state index in [-0.39, 0.29) is 16.7 Å². The number of imidazole rings is 1. The normalized spacial score (nSPS) is 18.1. The topological polar surface area (TPSA) is 97.8 Å². The van der Waals surface area contributed by atoms with Crippen LogP contribution in [0.5, 0.6) is 0 Å². The molecule has 0 bridgehead atoms. The van der Waals surface area contributed by atoms with Gasteiger partial charge < -0.3 is 4.90 Å². The zero-order valence-electron chi connectivity index (χ0n) is 14.8. The minimum absolute atomic E-state index is 0.00384. The average Bonchev–Trinajstić information content (AvgIpc) is 3.25. The van der Waals surface area contributed by atoms with Gasteiger partial charge in [0.25, 0.3) is 5.91 Å². The van der Waals surface area contributed by atoms with Gasteiger partial charge in [-0.25, -0.2) is 18.5 Å². The van der Waals surface area contributed by atoms with Gasteiger partial charge in [0.05, 0.1) is 10.6 Å². The smallest absolute Gasteiger partial charge is 0.253 e. The number of likely N-dealkylation sites (tertiary alicyclic amines) is 1. The van der Waals surface area contributed by atoms with Crippen molar-refractivity contribution in [1.29, 1.82) is 0 Å². The van der Waals surface area contributed by atoms with Crippen LogP contribution in [0.25, 0.3) is 4.83 Å². The summed E-state index contributed by atoms with van der Waals surface area (Å²) in [5.74, 6) is 1.07. The standard InChI is InChI=1S/C18H20N4O3S2/c1-12-20-16(18-22(12)9-10-26-18)14-3-2-8-21(11-14)17(23)13-4-6-15(7-5-13)27(19,24)25/h4-7,9-10,14H,2-3,8,11H2,1H3,(H2,19,24,25). The Kier molecular flexibility index (Phi) is 4.53. The van der Waals surface area contributed by atoms with E-state index in [1.165, 1.54) is 24.3 Å². The predicted molar refractivity (Wildman–Crippen MR) is 103 cm³/mol. The number of carbonyl (C=O) groups excluding carboxylic acids is 1. The van der Waals surface area contributed by atoms with E-state index in [0.717, 1.165) is 29.2 Å². The molecule has 1 aliphatic rings. The number of nitrogens with zero attached hydrogens (tertiary/aromatic N) is 3. The molecular weight excluding hydrogens is 384 g/mol. The minimum atomic E-state index is -3.76. The van der Waals surface area contributed by atoms with E-state index in [9.17, 15) is 13.2 Å². The number of amides is 1. The number of sulfonamides is 1. The van der Waals surface area contributed by atoms with Crippen molar-refractivity contribution < 1.29 is 13.2 Å². The lowest BCUT2D eigenvalue weighted by molar-refractivity contribution is 0.0706. The first kappa shape index (κ1) is 18.1. The number of aromatic nitrogens is 2. The first-order chi connectivity index (χ1) is 12.8. The highest BCUT2D eigenvalue weighted by Crippen LogP contribution is 2.32. The van der Waals surface area contributed by atoms with Crippen LogP contribution >= 0.6 is 11.3 Å². The van der Waals surface area contributed by atoms with Gasteiger partial charge in [-0.1, -0.05) is 0 Å². The highest BCUT2D eigenvalue weighted by molar-refractivity contribution is 7.89. The van der Waals surface area contributed by atoms with Crippen LogP contribution in [0.3, 0.4) is 0 Å². The number of piperidine rings is 1. The molecule has 1 fully saturated rings. The van der Waals surface area contributed by atoms with Crippen LogP contribution in [-0.2, 0) is 10.0 Å². The monoisotopic (exact) mass is 404 g/mol. The van der Waals surface area contributed by atoms with Crippen molar-refractivity contribution in [2.24, 2.45) is 5.14 Å². The van der Waals surface area contributed by atoms with E-state index >= 15 is 0 Å². The fourth-order valence-corrected chi connectivity index (χ4v) is 5.08. The molecule has 0 aliphatic carbocycles. The number of benzene rings is 1. The largest absolute Gasteiger partial charge is 0.338 e. The number of carbonyl (C=O) groups is 1. The van der Waals surface area contributed by atoms with Crippen LogP contribution in [0, 0.1) is 6.92 Å². The molecular formula is C18H20N4O3S2. The number of hydrogen-bond acceptors (Lipinski definition) is 5. The van der Waals surface area contributed by atoms with Gasteiger partial charge in [0.15, 0.2) is 0 Å². The van der Waals surface area contributed by atoms with Crippen LogP contribution in [0.15, 0.2) is 40.7 Å². The van der Waals surface area contributed by atoms with E-state index < -0.39 is 10.0 Å². The molecule has 1 aliphatic heterocycles. The molecule has 27 heavy (non-hydrogen) atoms. The second kappa shape index (κ2) is 6.74. The fraction of sp³-hybridized carbons (Fsp3) is 0.333. The number of hydrogen-bond donors (Lipinski definition) is 1. The second-order valence-electron chi connectivity index (χ2n) is 6.78. The van der Waals surface area contributed by atoms with E-state index in [2.05, 4.69) is 4.40 Å². The molecule has 7 nitrogen and oxygen atoms in total. The van der Waals surface area contributed by atoms with Gasteiger partial charge in [0, 0.05) is 36.1 Å². The van der Waals surface area contributed by atoms with Crippen LogP contribution in [0.1, 0.15) is 40.6 Å². The molecule has 1 saturated heterocycles. The number of fused-ring (bicyclic) bond motifs is 1. The van der Waals surface area contributed by atoms with Crippen molar-refractivity contribution in [3.63, 3.8) is 0 Å². The Morgan fingerprint density at radius 2 is 2.04 bits per heavy atom. The van der Waals surface area contributed by atoms with Gasteiger partial charge in [0.2, 0.25) is 10.0 Å². The third-order valence-electron chi connectivity index (χ3n) is 4.98. The van der Waals surface area contributed by atoms with Crippen molar-refractivity contribution in [2.75, 3.05) is 13.1 Å². The number of rotatable bonds is 3. The maximum atomic E-state index is 12.9. The molecule has 1 amide bonds. The SMILES string of the molecule is Cc1nc(C2CCCN(C(=O)c3ccc(S(N)(=O)=O)cc3)C2)c2sccn12. The molecule has 2 N–H and O–H groups in total. The number of primary sulfonamides is 1. The molecule has 1 unspecified atom stereocenters. The molecule has 0 radical (unpaired) electrons. The van der Waals surface area contributed by atoms with Crippen LogP contribution in [-0.4, -0.2) is 41.7 Å². The van der Waals surface area contributed by atoms with Crippen molar-refractivity contribution in [1.82, 2.24) is 14.3 Å². The lowest BCUT2D eigenvalue weighted by atomic mass is 9.94. The Hall–Kier alpha value is -2.23. The molecule has 4 rings (SSSR count). The van der Waals surface area contributed by atoms with Gasteiger partial charge in [0.1, 0.15) is 10.7 Å². The molecule has 0 spiro atoms. The molecule has 3 aromatic rings. The summed E-state index contributed by atoms with van der Waals surface area (Å²) in [5, 5.41) is 7.16. The van der Waals surface area contributed by atoms with Crippen molar-refractivity contribution in [2.45, 2.75) is 30.6 Å². The van der Waals surface area contributed by atoms with Crippen LogP contribution < -0.4 is 5.14 Å². The van der Waals surface area contributed by atoms with Crippen LogP contribution in [0.2, 0.25) is 0 Å². The Labute approximate surface area is 161 Å². The summed E-state index contributed by atoms with van der Waals surface area (Å²) in [5.41, 5.74) is 1.52. The molecule has 142 valence electrons. The Bertz CT molecular complexity index is 1100. The van der Waals surface area contributed by atoms with Crippen molar-refractivity contribution in [3.8, 4) is 0 Å². The summed E-state index contributed by atoms with van der Waals surface area (Å²) in [7, 11) is -3.76. The third kappa shape index (κ3) is 3.38. The number of aryl methyl sites for hydroxylation is 1. The first-order valence-electron chi connectivity index (χ1n) is 8.69. The van der Waals surface area contributed by atoms with Gasteiger partial charge in [-0.2, -0.15) is 0 Å². The summed E-state index contributed by atoms with van der Waals surface area (Å²) in [4.78, 5) is 20.6. The highest BCUT2D eigenvalue weighted by atomic mass is 32.2. The second-order valence-corrected chi connectivity index (χ2v) is 9.24. The predicted octanol–water partition coefficient (Wildman–Crippen LogP) is 2.37. The van der Waals surface area contributed by atoms with E-state index in [1.807, 2.05) is 23.4 Å². The molecule has 1 atom stereocenters. The highest BCUT2D eigenvalue weighted by Gasteiger charge is 2.29. The lowest BCUT2D eigenvalue weighted by Gasteiger charge is -2.32. The van der Waals surface area contributed by atoms with Gasteiger partial charge in [-0.3, -0.25) is 9.20 Å². The molecule has 2 aromatic heterocycles. The third-order valence-corrected chi connectivity index (χ3v) is 6.80. The average molecular weight is 405 g/mol. The molecule has 0 saturated carbocycles. The van der Waals surface area contributed by atoms with E-state index in [0.29, 0.717) is 18.7 Å². The lowest BCUT2D eigenvalue weighted by Crippen LogP contribution is -2.39. The van der Waals surface area contributed by atoms with Gasteiger partial charge in [-0.15, -0.1) is 11.3 Å². The minimum Gasteiger partial charge on any atom is -0.338 e. The fourth-order valence-electron chi connectivity index (χ4n) is 3.62. The van der Waals surface area contributed by atoms with E-state index in [4.69, 9.17) is 10.1 Å². The van der Waals surface area contributed by atoms with Gasteiger partial charge in [-0.05, 0) is 44.0 Å². The molecule has 3 heterocycles.